The molecule has 2 fully saturated rings. The first-order valence-electron chi connectivity index (χ1n) is 11.1. The monoisotopic (exact) mass is 441 g/mol. The van der Waals surface area contributed by atoms with Crippen LogP contribution in [0.5, 0.6) is 0 Å². The molecule has 2 amide bonds. The Morgan fingerprint density at radius 2 is 2.00 bits per heavy atom. The van der Waals surface area contributed by atoms with Crippen molar-refractivity contribution < 1.29 is 9.59 Å². The van der Waals surface area contributed by atoms with Crippen LogP contribution in [0.4, 0.5) is 10.8 Å². The second-order valence-corrected chi connectivity index (χ2v) is 9.19. The molecule has 31 heavy (non-hydrogen) atoms. The lowest BCUT2D eigenvalue weighted by molar-refractivity contribution is -0.133. The predicted octanol–water partition coefficient (Wildman–Crippen LogP) is 3.35. The number of carbonyl (C=O) groups is 2. The molecule has 0 unspecified atom stereocenters. The molecule has 1 aliphatic heterocycles. The third kappa shape index (κ3) is 5.62. The molecule has 2 aliphatic rings. The number of nitrogens with zero attached hydrogens (tertiary/aromatic N) is 4. The number of hydrogen-bond donors (Lipinski definition) is 1. The van der Waals surface area contributed by atoms with Crippen molar-refractivity contribution in [1.82, 2.24) is 19.7 Å². The largest absolute Gasteiger partial charge is 0.340 e. The van der Waals surface area contributed by atoms with E-state index < -0.39 is 0 Å². The second kappa shape index (κ2) is 9.78. The maximum Gasteiger partial charge on any atom is 0.273 e. The normalized spacial score (nSPS) is 16.9. The maximum atomic E-state index is 13.1. The van der Waals surface area contributed by atoms with E-state index in [1.807, 2.05) is 46.4 Å². The fourth-order valence-corrected chi connectivity index (χ4v) is 4.65. The summed E-state index contributed by atoms with van der Waals surface area (Å²) in [5, 5.41) is 5.79. The number of piperazine rings is 1. The average Bonchev–Trinajstić information content (AvgIpc) is 3.51. The molecular weight excluding hydrogens is 410 g/mol. The van der Waals surface area contributed by atoms with Gasteiger partial charge in [0.15, 0.2) is 5.13 Å². The summed E-state index contributed by atoms with van der Waals surface area (Å²) in [6.07, 6.45) is 2.40. The van der Waals surface area contributed by atoms with E-state index in [0.717, 1.165) is 51.3 Å². The highest BCUT2D eigenvalue weighted by atomic mass is 32.1. The van der Waals surface area contributed by atoms with E-state index >= 15 is 0 Å². The van der Waals surface area contributed by atoms with Gasteiger partial charge in [-0.1, -0.05) is 19.1 Å². The van der Waals surface area contributed by atoms with Gasteiger partial charge in [-0.25, -0.2) is 4.98 Å². The van der Waals surface area contributed by atoms with Crippen LogP contribution in [0.2, 0.25) is 0 Å². The number of benzene rings is 1. The maximum absolute atomic E-state index is 13.1. The first-order chi connectivity index (χ1) is 15.0. The molecule has 0 atom stereocenters. The van der Waals surface area contributed by atoms with Crippen molar-refractivity contribution in [3.8, 4) is 0 Å². The highest BCUT2D eigenvalue weighted by Crippen LogP contribution is 2.30. The van der Waals surface area contributed by atoms with Crippen molar-refractivity contribution in [2.45, 2.75) is 39.2 Å². The third-order valence-corrected chi connectivity index (χ3v) is 6.74. The molecule has 1 saturated carbocycles. The van der Waals surface area contributed by atoms with Gasteiger partial charge in [-0.05, 0) is 44.0 Å². The number of likely N-dealkylation sites (N-methyl/N-ethyl adjacent to an activating group) is 1. The highest BCUT2D eigenvalue weighted by molar-refractivity contribution is 7.14. The van der Waals surface area contributed by atoms with Crippen molar-refractivity contribution in [3.63, 3.8) is 0 Å². The molecule has 1 saturated heterocycles. The Hall–Kier alpha value is -2.45. The van der Waals surface area contributed by atoms with Gasteiger partial charge in [-0.15, -0.1) is 11.3 Å². The molecular formula is C23H31N5O2S. The smallest absolute Gasteiger partial charge is 0.273 e. The Morgan fingerprint density at radius 1 is 1.23 bits per heavy atom. The number of aromatic nitrogens is 1. The van der Waals surface area contributed by atoms with Crippen LogP contribution in [0, 0.1) is 6.92 Å². The first-order valence-corrected chi connectivity index (χ1v) is 12.0. The minimum absolute atomic E-state index is 0.0698. The molecule has 4 rings (SSSR count). The zero-order chi connectivity index (χ0) is 21.8. The number of anilines is 2. The fraction of sp³-hybridized carbons (Fsp3) is 0.522. The van der Waals surface area contributed by atoms with Crippen LogP contribution in [-0.4, -0.2) is 76.8 Å². The van der Waals surface area contributed by atoms with Crippen molar-refractivity contribution in [3.05, 3.63) is 40.9 Å². The van der Waals surface area contributed by atoms with Gasteiger partial charge in [-0.2, -0.15) is 0 Å². The van der Waals surface area contributed by atoms with E-state index in [9.17, 15) is 9.59 Å². The molecule has 1 aromatic carbocycles. The lowest BCUT2D eigenvalue weighted by Gasteiger charge is -2.34. The van der Waals surface area contributed by atoms with Crippen LogP contribution in [-0.2, 0) is 4.79 Å². The van der Waals surface area contributed by atoms with Crippen molar-refractivity contribution in [2.75, 3.05) is 44.6 Å². The Bertz CT molecular complexity index is 918. The van der Waals surface area contributed by atoms with Gasteiger partial charge in [0.1, 0.15) is 5.69 Å². The van der Waals surface area contributed by atoms with Gasteiger partial charge in [-0.3, -0.25) is 9.59 Å². The second-order valence-electron chi connectivity index (χ2n) is 8.33. The fourth-order valence-electron chi connectivity index (χ4n) is 3.95. The lowest BCUT2D eigenvalue weighted by atomic mass is 10.2. The molecule has 8 heteroatoms. The quantitative estimate of drug-likeness (QED) is 0.680. The van der Waals surface area contributed by atoms with E-state index in [2.05, 4.69) is 22.1 Å². The van der Waals surface area contributed by atoms with Crippen molar-refractivity contribution in [1.29, 1.82) is 0 Å². The van der Waals surface area contributed by atoms with Gasteiger partial charge in [0.05, 0.1) is 0 Å². The number of nitrogens with one attached hydrogen (secondary N) is 1. The first kappa shape index (κ1) is 21.8. The van der Waals surface area contributed by atoms with Gasteiger partial charge >= 0.3 is 0 Å². The third-order valence-electron chi connectivity index (χ3n) is 5.98. The molecule has 0 radical (unpaired) electrons. The van der Waals surface area contributed by atoms with Crippen LogP contribution in [0.3, 0.4) is 0 Å². The standard InChI is InChI=1S/C23H31N5O2S/c1-3-26-11-13-27(14-12-26)21(29)9-10-28(19-7-8-19)22(30)20-16-31-23(25-20)24-18-6-4-5-17(2)15-18/h4-6,15-16,19H,3,7-14H2,1-2H3,(H,24,25). The zero-order valence-corrected chi connectivity index (χ0v) is 19.2. The van der Waals surface area contributed by atoms with Crippen LogP contribution in [0.1, 0.15) is 42.2 Å². The molecule has 0 spiro atoms. The Balaban J connectivity index is 1.34. The SMILES string of the molecule is CCN1CCN(C(=O)CCN(C(=O)c2csc(Nc3cccc(C)c3)n2)C2CC2)CC1. The van der Waals surface area contributed by atoms with Crippen LogP contribution in [0.25, 0.3) is 0 Å². The van der Waals surface area contributed by atoms with E-state index in [1.54, 1.807) is 0 Å². The Labute approximate surface area is 188 Å². The number of thiazole rings is 1. The number of amides is 2. The molecule has 2 heterocycles. The van der Waals surface area contributed by atoms with Gasteiger partial charge in [0, 0.05) is 56.3 Å². The molecule has 1 N–H and O–H groups in total. The van der Waals surface area contributed by atoms with E-state index in [4.69, 9.17) is 0 Å². The topological polar surface area (TPSA) is 68.8 Å². The number of rotatable bonds is 8. The summed E-state index contributed by atoms with van der Waals surface area (Å²) >= 11 is 1.43. The average molecular weight is 442 g/mol. The van der Waals surface area contributed by atoms with E-state index in [-0.39, 0.29) is 17.9 Å². The summed E-state index contributed by atoms with van der Waals surface area (Å²) in [5.74, 6) is 0.0777. The molecule has 7 nitrogen and oxygen atoms in total. The minimum atomic E-state index is -0.0698. The van der Waals surface area contributed by atoms with Crippen LogP contribution in [0.15, 0.2) is 29.6 Å². The Morgan fingerprint density at radius 3 is 2.68 bits per heavy atom. The molecule has 0 bridgehead atoms. The molecule has 1 aromatic heterocycles. The molecule has 1 aliphatic carbocycles. The summed E-state index contributed by atoms with van der Waals surface area (Å²) in [6.45, 7) is 9.12. The van der Waals surface area contributed by atoms with Crippen LogP contribution >= 0.6 is 11.3 Å². The number of aryl methyl sites for hydroxylation is 1. The predicted molar refractivity (Wildman–Crippen MR) is 124 cm³/mol. The van der Waals surface area contributed by atoms with Gasteiger partial charge < -0.3 is 20.0 Å². The summed E-state index contributed by atoms with van der Waals surface area (Å²) in [5.41, 5.74) is 2.58. The van der Waals surface area contributed by atoms with Crippen LogP contribution < -0.4 is 5.32 Å². The van der Waals surface area contributed by atoms with Gasteiger partial charge in [0.25, 0.3) is 5.91 Å². The summed E-state index contributed by atoms with van der Waals surface area (Å²) in [6, 6.07) is 8.31. The van der Waals surface area contributed by atoms with E-state index in [0.29, 0.717) is 23.8 Å². The number of hydrogen-bond acceptors (Lipinski definition) is 6. The number of carbonyl (C=O) groups excluding carboxylic acids is 2. The Kier molecular flexibility index (Phi) is 6.87. The highest BCUT2D eigenvalue weighted by Gasteiger charge is 2.34. The lowest BCUT2D eigenvalue weighted by Crippen LogP contribution is -2.49. The summed E-state index contributed by atoms with van der Waals surface area (Å²) < 4.78 is 0. The zero-order valence-electron chi connectivity index (χ0n) is 18.3. The minimum Gasteiger partial charge on any atom is -0.340 e. The van der Waals surface area contributed by atoms with Crippen molar-refractivity contribution in [2.24, 2.45) is 0 Å². The molecule has 2 aromatic rings. The van der Waals surface area contributed by atoms with Crippen molar-refractivity contribution >= 4 is 34.0 Å². The summed E-state index contributed by atoms with van der Waals surface area (Å²) in [4.78, 5) is 36.5. The summed E-state index contributed by atoms with van der Waals surface area (Å²) in [7, 11) is 0. The van der Waals surface area contributed by atoms with Gasteiger partial charge in [0.2, 0.25) is 5.91 Å². The van der Waals surface area contributed by atoms with E-state index in [1.165, 1.54) is 16.9 Å². The molecule has 166 valence electrons.